The molecule has 0 aliphatic carbocycles. The Morgan fingerprint density at radius 3 is 2.12 bits per heavy atom. The van der Waals surface area contributed by atoms with E-state index in [1.165, 1.54) is 0 Å². The van der Waals surface area contributed by atoms with Crippen molar-refractivity contribution in [2.45, 2.75) is 40.2 Å². The highest BCUT2D eigenvalue weighted by atomic mass is 16.5. The van der Waals surface area contributed by atoms with Crippen LogP contribution in [0.2, 0.25) is 0 Å². The topological polar surface area (TPSA) is 81.4 Å². The Labute approximate surface area is 96.7 Å². The maximum atomic E-state index is 11.8. The number of hydrogen-bond donors (Lipinski definition) is 2. The molecule has 0 aromatic rings. The van der Waals surface area contributed by atoms with Crippen molar-refractivity contribution >= 4 is 11.9 Å². The summed E-state index contributed by atoms with van der Waals surface area (Å²) in [5.74, 6) is -0.700. The maximum absolute atomic E-state index is 11.8. The molecule has 0 saturated carbocycles. The minimum absolute atomic E-state index is 0.119. The summed E-state index contributed by atoms with van der Waals surface area (Å²) in [7, 11) is 0. The molecule has 0 aliphatic rings. The van der Waals surface area contributed by atoms with Gasteiger partial charge in [0, 0.05) is 5.54 Å². The zero-order valence-corrected chi connectivity index (χ0v) is 10.7. The Morgan fingerprint density at radius 2 is 1.75 bits per heavy atom. The van der Waals surface area contributed by atoms with E-state index in [9.17, 15) is 9.59 Å². The Hall–Kier alpha value is -1.10. The largest absolute Gasteiger partial charge is 0.465 e. The number of ether oxygens (including phenoxy) is 1. The van der Waals surface area contributed by atoms with Crippen LogP contribution in [0.25, 0.3) is 0 Å². The first-order valence-electron chi connectivity index (χ1n) is 5.35. The first-order valence-corrected chi connectivity index (χ1v) is 5.35. The molecule has 0 saturated heterocycles. The quantitative estimate of drug-likeness (QED) is 0.671. The summed E-state index contributed by atoms with van der Waals surface area (Å²) in [6, 6.07) is 0. The van der Waals surface area contributed by atoms with E-state index in [1.54, 1.807) is 34.6 Å². The normalized spacial score (nSPS) is 12.1. The number of carbonyl (C=O) groups excluding carboxylic acids is 2. The molecule has 1 amide bonds. The molecule has 0 aliphatic heterocycles. The predicted octanol–water partition coefficient (Wildman–Crippen LogP) is 0.429. The van der Waals surface area contributed by atoms with Crippen molar-refractivity contribution in [2.24, 2.45) is 11.1 Å². The van der Waals surface area contributed by atoms with Gasteiger partial charge in [0.1, 0.15) is 6.54 Å². The highest BCUT2D eigenvalue weighted by Crippen LogP contribution is 2.28. The highest BCUT2D eigenvalue weighted by molar-refractivity contribution is 5.86. The van der Waals surface area contributed by atoms with Crippen molar-refractivity contribution in [1.29, 1.82) is 0 Å². The van der Waals surface area contributed by atoms with Gasteiger partial charge >= 0.3 is 5.97 Å². The van der Waals surface area contributed by atoms with Crippen molar-refractivity contribution in [3.63, 3.8) is 0 Å². The Kier molecular flexibility index (Phi) is 4.93. The number of amides is 1. The molecule has 0 aromatic carbocycles. The van der Waals surface area contributed by atoms with E-state index < -0.39 is 16.9 Å². The van der Waals surface area contributed by atoms with Crippen LogP contribution in [0.1, 0.15) is 34.6 Å². The van der Waals surface area contributed by atoms with Gasteiger partial charge in [0.05, 0.1) is 12.0 Å². The lowest BCUT2D eigenvalue weighted by atomic mass is 9.74. The summed E-state index contributed by atoms with van der Waals surface area (Å²) in [4.78, 5) is 22.9. The van der Waals surface area contributed by atoms with E-state index in [0.717, 1.165) is 0 Å². The summed E-state index contributed by atoms with van der Waals surface area (Å²) >= 11 is 0. The van der Waals surface area contributed by atoms with Gasteiger partial charge in [-0.2, -0.15) is 0 Å². The molecule has 0 bridgehead atoms. The second-order valence-corrected chi connectivity index (χ2v) is 4.83. The Bertz CT molecular complexity index is 267. The van der Waals surface area contributed by atoms with Crippen molar-refractivity contribution in [1.82, 2.24) is 5.32 Å². The van der Waals surface area contributed by atoms with E-state index in [4.69, 9.17) is 10.5 Å². The minimum atomic E-state index is -0.751. The van der Waals surface area contributed by atoms with Crippen LogP contribution in [0.5, 0.6) is 0 Å². The molecular formula is C11H22N2O3. The third-order valence-corrected chi connectivity index (χ3v) is 2.88. The summed E-state index contributed by atoms with van der Waals surface area (Å²) in [6.45, 7) is 8.94. The Balaban J connectivity index is 4.32. The third kappa shape index (κ3) is 3.81. The average Bonchev–Trinajstić information content (AvgIpc) is 2.12. The van der Waals surface area contributed by atoms with Crippen LogP contribution in [0, 0.1) is 5.41 Å². The summed E-state index contributed by atoms with van der Waals surface area (Å²) in [5, 5.41) is 2.52. The van der Waals surface area contributed by atoms with Crippen LogP contribution < -0.4 is 11.1 Å². The molecule has 0 heterocycles. The molecule has 0 fully saturated rings. The van der Waals surface area contributed by atoms with Gasteiger partial charge in [-0.15, -0.1) is 0 Å². The highest BCUT2D eigenvalue weighted by Gasteiger charge is 2.40. The van der Waals surface area contributed by atoms with Gasteiger partial charge in [0.2, 0.25) is 5.91 Å². The first-order chi connectivity index (χ1) is 7.13. The summed E-state index contributed by atoms with van der Waals surface area (Å²) in [6.07, 6.45) is 0. The molecule has 16 heavy (non-hydrogen) atoms. The second-order valence-electron chi connectivity index (χ2n) is 4.83. The number of hydrogen-bond acceptors (Lipinski definition) is 4. The van der Waals surface area contributed by atoms with E-state index in [0.29, 0.717) is 6.61 Å². The lowest BCUT2D eigenvalue weighted by molar-refractivity contribution is -0.145. The van der Waals surface area contributed by atoms with Crippen LogP contribution in [-0.4, -0.2) is 30.6 Å². The predicted molar refractivity (Wildman–Crippen MR) is 61.7 cm³/mol. The standard InChI is InChI=1S/C11H22N2O3/c1-6-16-8(14)7-13-9(15)10(2,3)11(4,5)12/h6-7,12H2,1-5H3,(H,13,15). The van der Waals surface area contributed by atoms with Crippen LogP contribution >= 0.6 is 0 Å². The monoisotopic (exact) mass is 230 g/mol. The number of nitrogens with two attached hydrogens (primary N) is 1. The third-order valence-electron chi connectivity index (χ3n) is 2.88. The van der Waals surface area contributed by atoms with E-state index in [2.05, 4.69) is 5.32 Å². The van der Waals surface area contributed by atoms with Crippen molar-refractivity contribution in [3.05, 3.63) is 0 Å². The molecule has 0 unspecified atom stereocenters. The van der Waals surface area contributed by atoms with Crippen LogP contribution in [0.4, 0.5) is 0 Å². The van der Waals surface area contributed by atoms with Gasteiger partial charge < -0.3 is 15.8 Å². The van der Waals surface area contributed by atoms with E-state index in [1.807, 2.05) is 0 Å². The van der Waals surface area contributed by atoms with Gasteiger partial charge in [-0.3, -0.25) is 9.59 Å². The SMILES string of the molecule is CCOC(=O)CNC(=O)C(C)(C)C(C)(C)N. The Morgan fingerprint density at radius 1 is 1.25 bits per heavy atom. The second kappa shape index (κ2) is 5.30. The van der Waals surface area contributed by atoms with Crippen molar-refractivity contribution < 1.29 is 14.3 Å². The van der Waals surface area contributed by atoms with Crippen LogP contribution in [0.15, 0.2) is 0 Å². The van der Waals surface area contributed by atoms with Gasteiger partial charge in [-0.05, 0) is 34.6 Å². The van der Waals surface area contributed by atoms with E-state index in [-0.39, 0.29) is 12.5 Å². The van der Waals surface area contributed by atoms with Crippen LogP contribution in [0.3, 0.4) is 0 Å². The molecule has 0 aromatic heterocycles. The van der Waals surface area contributed by atoms with Crippen molar-refractivity contribution in [2.75, 3.05) is 13.2 Å². The first kappa shape index (κ1) is 14.9. The molecule has 94 valence electrons. The van der Waals surface area contributed by atoms with Gasteiger partial charge in [-0.25, -0.2) is 0 Å². The number of carbonyl (C=O) groups is 2. The smallest absolute Gasteiger partial charge is 0.325 e. The zero-order chi connectivity index (χ0) is 13.0. The van der Waals surface area contributed by atoms with Crippen LogP contribution in [-0.2, 0) is 14.3 Å². The fourth-order valence-corrected chi connectivity index (χ4v) is 0.878. The maximum Gasteiger partial charge on any atom is 0.325 e. The van der Waals surface area contributed by atoms with E-state index >= 15 is 0 Å². The van der Waals surface area contributed by atoms with Gasteiger partial charge in [0.25, 0.3) is 0 Å². The van der Waals surface area contributed by atoms with Crippen molar-refractivity contribution in [3.8, 4) is 0 Å². The molecule has 3 N–H and O–H groups in total. The summed E-state index contributed by atoms with van der Waals surface area (Å²) in [5.41, 5.74) is 4.49. The number of nitrogens with one attached hydrogen (secondary N) is 1. The molecule has 0 atom stereocenters. The average molecular weight is 230 g/mol. The van der Waals surface area contributed by atoms with Gasteiger partial charge in [0.15, 0.2) is 0 Å². The van der Waals surface area contributed by atoms with Gasteiger partial charge in [-0.1, -0.05) is 0 Å². The fraction of sp³-hybridized carbons (Fsp3) is 0.818. The lowest BCUT2D eigenvalue weighted by Gasteiger charge is -2.36. The molecule has 0 radical (unpaired) electrons. The number of rotatable bonds is 5. The molecule has 5 heteroatoms. The lowest BCUT2D eigenvalue weighted by Crippen LogP contribution is -2.56. The molecule has 0 spiro atoms. The molecular weight excluding hydrogens is 208 g/mol. The zero-order valence-electron chi connectivity index (χ0n) is 10.7. The summed E-state index contributed by atoms with van der Waals surface area (Å²) < 4.78 is 4.71. The minimum Gasteiger partial charge on any atom is -0.465 e. The number of esters is 1. The molecule has 5 nitrogen and oxygen atoms in total. The fourth-order valence-electron chi connectivity index (χ4n) is 0.878. The molecule has 0 rings (SSSR count).